The average Bonchev–Trinajstić information content (AvgIpc) is 2.52. The molecule has 68 valence electrons. The van der Waals surface area contributed by atoms with Crippen molar-refractivity contribution in [2.75, 3.05) is 6.26 Å². The molecule has 1 fully saturated rings. The molecule has 1 N–H and O–H groups in total. The summed E-state index contributed by atoms with van der Waals surface area (Å²) in [7, 11) is 0. The van der Waals surface area contributed by atoms with E-state index in [1.165, 1.54) is 19.3 Å². The van der Waals surface area contributed by atoms with Crippen molar-refractivity contribution >= 4 is 11.8 Å². The smallest absolute Gasteiger partial charge is 0.0660 e. The van der Waals surface area contributed by atoms with Crippen LogP contribution in [0.2, 0.25) is 0 Å². The van der Waals surface area contributed by atoms with Crippen LogP contribution in [0.15, 0.2) is 0 Å². The highest BCUT2D eigenvalue weighted by molar-refractivity contribution is 7.99. The summed E-state index contributed by atoms with van der Waals surface area (Å²) in [5.41, 5.74) is 0. The topological polar surface area (TPSA) is 12.0 Å². The van der Waals surface area contributed by atoms with E-state index in [1.807, 2.05) is 18.7 Å². The fourth-order valence-electron chi connectivity index (χ4n) is 1.71. The van der Waals surface area contributed by atoms with Crippen molar-refractivity contribution in [1.29, 1.82) is 0 Å². The highest BCUT2D eigenvalue weighted by atomic mass is 32.2. The monoisotopic (exact) mass is 183 g/mol. The van der Waals surface area contributed by atoms with Crippen LogP contribution < -0.4 is 5.32 Å². The summed E-state index contributed by atoms with van der Waals surface area (Å²) in [5, 5.41) is 4.30. The zero-order valence-electron chi connectivity index (χ0n) is 7.84. The van der Waals surface area contributed by atoms with E-state index in [9.17, 15) is 0 Å². The Bertz CT molecular complexity index is 173. The van der Waals surface area contributed by atoms with Gasteiger partial charge in [-0.15, -0.1) is 6.42 Å². The lowest BCUT2D eigenvalue weighted by Crippen LogP contribution is -2.33. The van der Waals surface area contributed by atoms with Crippen LogP contribution in [-0.4, -0.2) is 23.6 Å². The van der Waals surface area contributed by atoms with Crippen LogP contribution in [0.25, 0.3) is 0 Å². The van der Waals surface area contributed by atoms with E-state index in [0.29, 0.717) is 6.04 Å². The van der Waals surface area contributed by atoms with Gasteiger partial charge in [0.05, 0.1) is 6.04 Å². The number of hydrogen-bond acceptors (Lipinski definition) is 2. The van der Waals surface area contributed by atoms with Gasteiger partial charge in [0.25, 0.3) is 0 Å². The van der Waals surface area contributed by atoms with Crippen LogP contribution in [-0.2, 0) is 0 Å². The summed E-state index contributed by atoms with van der Waals surface area (Å²) < 4.78 is 0. The molecular formula is C10H17NS. The molecule has 1 aliphatic rings. The van der Waals surface area contributed by atoms with Crippen LogP contribution in [0.5, 0.6) is 0 Å². The lowest BCUT2D eigenvalue weighted by Gasteiger charge is -2.14. The van der Waals surface area contributed by atoms with Gasteiger partial charge in [0.2, 0.25) is 0 Å². The van der Waals surface area contributed by atoms with Crippen molar-refractivity contribution in [3.8, 4) is 12.3 Å². The van der Waals surface area contributed by atoms with Crippen molar-refractivity contribution in [2.45, 2.75) is 43.5 Å². The van der Waals surface area contributed by atoms with E-state index in [4.69, 9.17) is 6.42 Å². The molecule has 1 saturated carbocycles. The standard InChI is InChI=1S/C10H17NS/c1-4-8(2)11-9-5-6-10(7-9)12-3/h1,8-11H,5-7H2,2-3H3. The Hall–Kier alpha value is -0.130. The Kier molecular flexibility index (Phi) is 3.97. The van der Waals surface area contributed by atoms with Gasteiger partial charge in [-0.2, -0.15) is 11.8 Å². The molecule has 0 radical (unpaired) electrons. The molecule has 1 rings (SSSR count). The van der Waals surface area contributed by atoms with E-state index in [2.05, 4.69) is 17.5 Å². The normalized spacial score (nSPS) is 31.4. The van der Waals surface area contributed by atoms with Crippen molar-refractivity contribution < 1.29 is 0 Å². The van der Waals surface area contributed by atoms with Gasteiger partial charge in [-0.25, -0.2) is 0 Å². The summed E-state index contributed by atoms with van der Waals surface area (Å²) in [5.74, 6) is 2.71. The average molecular weight is 183 g/mol. The molecule has 12 heavy (non-hydrogen) atoms. The minimum atomic E-state index is 0.232. The molecule has 3 atom stereocenters. The maximum Gasteiger partial charge on any atom is 0.0660 e. The lowest BCUT2D eigenvalue weighted by atomic mass is 10.2. The molecule has 1 aliphatic carbocycles. The van der Waals surface area contributed by atoms with Gasteiger partial charge in [-0.05, 0) is 32.4 Å². The quantitative estimate of drug-likeness (QED) is 0.671. The highest BCUT2D eigenvalue weighted by Crippen LogP contribution is 2.28. The zero-order chi connectivity index (χ0) is 8.97. The molecule has 0 bridgehead atoms. The summed E-state index contributed by atoms with van der Waals surface area (Å²) in [6.07, 6.45) is 11.4. The van der Waals surface area contributed by atoms with Crippen LogP contribution >= 0.6 is 11.8 Å². The third-order valence-corrected chi connectivity index (χ3v) is 3.55. The van der Waals surface area contributed by atoms with Gasteiger partial charge in [-0.3, -0.25) is 0 Å². The first-order valence-corrected chi connectivity index (χ1v) is 5.80. The third-order valence-electron chi connectivity index (χ3n) is 2.45. The molecule has 0 heterocycles. The minimum Gasteiger partial charge on any atom is -0.301 e. The Balaban J connectivity index is 2.24. The molecule has 0 amide bonds. The second kappa shape index (κ2) is 4.79. The maximum absolute atomic E-state index is 5.30. The molecule has 0 spiro atoms. The van der Waals surface area contributed by atoms with Gasteiger partial charge in [0.1, 0.15) is 0 Å². The Labute approximate surface area is 79.7 Å². The number of hydrogen-bond donors (Lipinski definition) is 1. The number of thioether (sulfide) groups is 1. The van der Waals surface area contributed by atoms with Gasteiger partial charge in [0.15, 0.2) is 0 Å². The molecule has 0 aromatic rings. The van der Waals surface area contributed by atoms with E-state index < -0.39 is 0 Å². The third kappa shape index (κ3) is 2.73. The number of terminal acetylenes is 1. The SMILES string of the molecule is C#CC(C)NC1CCC(SC)C1. The summed E-state index contributed by atoms with van der Waals surface area (Å²) >= 11 is 1.98. The molecule has 1 nitrogen and oxygen atoms in total. The first-order chi connectivity index (χ1) is 5.76. The summed E-state index contributed by atoms with van der Waals surface area (Å²) in [6.45, 7) is 2.05. The first kappa shape index (κ1) is 9.95. The van der Waals surface area contributed by atoms with E-state index >= 15 is 0 Å². The minimum absolute atomic E-state index is 0.232. The maximum atomic E-state index is 5.30. The lowest BCUT2D eigenvalue weighted by molar-refractivity contribution is 0.503. The zero-order valence-corrected chi connectivity index (χ0v) is 8.66. The van der Waals surface area contributed by atoms with Crippen molar-refractivity contribution in [2.24, 2.45) is 0 Å². The summed E-state index contributed by atoms with van der Waals surface area (Å²) in [4.78, 5) is 0. The van der Waals surface area contributed by atoms with E-state index in [-0.39, 0.29) is 6.04 Å². The second-order valence-electron chi connectivity index (χ2n) is 3.42. The first-order valence-electron chi connectivity index (χ1n) is 4.51. The second-order valence-corrected chi connectivity index (χ2v) is 4.56. The molecule has 0 aromatic heterocycles. The van der Waals surface area contributed by atoms with Crippen LogP contribution in [0.4, 0.5) is 0 Å². The molecule has 0 aliphatic heterocycles. The Morgan fingerprint density at radius 2 is 2.33 bits per heavy atom. The highest BCUT2D eigenvalue weighted by Gasteiger charge is 2.23. The van der Waals surface area contributed by atoms with Gasteiger partial charge in [0, 0.05) is 11.3 Å². The predicted molar refractivity (Wildman–Crippen MR) is 56.4 cm³/mol. The van der Waals surface area contributed by atoms with Gasteiger partial charge in [-0.1, -0.05) is 5.92 Å². The van der Waals surface area contributed by atoms with Crippen molar-refractivity contribution in [1.82, 2.24) is 5.32 Å². The van der Waals surface area contributed by atoms with Crippen LogP contribution in [0.3, 0.4) is 0 Å². The van der Waals surface area contributed by atoms with Crippen LogP contribution in [0.1, 0.15) is 26.2 Å². The fourth-order valence-corrected chi connectivity index (χ4v) is 2.50. The molecule has 2 heteroatoms. The molecular weight excluding hydrogens is 166 g/mol. The van der Waals surface area contributed by atoms with Crippen molar-refractivity contribution in [3.05, 3.63) is 0 Å². The number of rotatable bonds is 3. The largest absolute Gasteiger partial charge is 0.301 e. The Morgan fingerprint density at radius 3 is 2.83 bits per heavy atom. The number of nitrogens with one attached hydrogen (secondary N) is 1. The molecule has 0 saturated heterocycles. The van der Waals surface area contributed by atoms with Gasteiger partial charge >= 0.3 is 0 Å². The van der Waals surface area contributed by atoms with E-state index in [1.54, 1.807) is 0 Å². The summed E-state index contributed by atoms with van der Waals surface area (Å²) in [6, 6.07) is 0.893. The molecule has 0 aromatic carbocycles. The fraction of sp³-hybridized carbons (Fsp3) is 0.800. The van der Waals surface area contributed by atoms with Crippen LogP contribution in [0, 0.1) is 12.3 Å². The Morgan fingerprint density at radius 1 is 1.58 bits per heavy atom. The predicted octanol–water partition coefficient (Wildman–Crippen LogP) is 1.88. The van der Waals surface area contributed by atoms with Gasteiger partial charge < -0.3 is 5.32 Å². The van der Waals surface area contributed by atoms with E-state index in [0.717, 1.165) is 5.25 Å². The molecule has 3 unspecified atom stereocenters. The van der Waals surface area contributed by atoms with Crippen molar-refractivity contribution in [3.63, 3.8) is 0 Å².